The quantitative estimate of drug-likeness (QED) is 0.184. The lowest BCUT2D eigenvalue weighted by molar-refractivity contribution is -0.137. The van der Waals surface area contributed by atoms with Gasteiger partial charge in [0.1, 0.15) is 0 Å². The molecule has 7 heteroatoms. The number of carbonyl (C=O) groups is 1. The predicted molar refractivity (Wildman–Crippen MR) is 91.5 cm³/mol. The van der Waals surface area contributed by atoms with E-state index in [1.165, 1.54) is 6.42 Å². The van der Waals surface area contributed by atoms with Crippen molar-refractivity contribution in [2.45, 2.75) is 26.2 Å². The lowest BCUT2D eigenvalue weighted by atomic mass is 10.3. The molecule has 132 valence electrons. The van der Waals surface area contributed by atoms with Gasteiger partial charge in [-0.05, 0) is 25.9 Å². The predicted octanol–water partition coefficient (Wildman–Crippen LogP) is -0.791. The van der Waals surface area contributed by atoms with Gasteiger partial charge in [0.05, 0.1) is 0 Å². The Morgan fingerprint density at radius 3 is 1.41 bits per heavy atom. The van der Waals surface area contributed by atoms with Gasteiger partial charge in [-0.1, -0.05) is 6.92 Å². The highest BCUT2D eigenvalue weighted by atomic mass is 16.4. The molecule has 6 N–H and O–H groups in total. The van der Waals surface area contributed by atoms with Crippen LogP contribution in [0.25, 0.3) is 0 Å². The van der Waals surface area contributed by atoms with Crippen LogP contribution in [0, 0.1) is 0 Å². The molecule has 0 rings (SSSR count). The van der Waals surface area contributed by atoms with Crippen LogP contribution in [0.5, 0.6) is 0 Å². The van der Waals surface area contributed by atoms with Gasteiger partial charge in [-0.25, -0.2) is 0 Å². The van der Waals surface area contributed by atoms with Crippen LogP contribution in [0.2, 0.25) is 0 Å². The van der Waals surface area contributed by atoms with Crippen molar-refractivity contribution in [3.05, 3.63) is 0 Å². The maximum atomic E-state index is 10.3. The summed E-state index contributed by atoms with van der Waals surface area (Å²) in [5.41, 5.74) is 0. The number of nitrogens with one attached hydrogen (secondary N) is 5. The molecule has 0 unspecified atom stereocenters. The lowest BCUT2D eigenvalue weighted by Crippen LogP contribution is -2.36. The standard InChI is InChI=1S/C15H35N5O2/c1-2-5-16-7-9-18-11-13-20-14-12-19-10-8-17-6-3-4-15(21)22/h16-20H,2-14H2,1H3,(H,21,22). The van der Waals surface area contributed by atoms with Gasteiger partial charge in [-0.3, -0.25) is 4.79 Å². The maximum Gasteiger partial charge on any atom is 0.303 e. The Morgan fingerprint density at radius 2 is 1.05 bits per heavy atom. The molecule has 0 aliphatic rings. The Balaban J connectivity index is 2.95. The zero-order valence-corrected chi connectivity index (χ0v) is 14.0. The summed E-state index contributed by atoms with van der Waals surface area (Å²) < 4.78 is 0. The minimum Gasteiger partial charge on any atom is -0.481 e. The molecule has 0 heterocycles. The number of aliphatic carboxylic acids is 1. The smallest absolute Gasteiger partial charge is 0.303 e. The Bertz CT molecular complexity index is 242. The summed E-state index contributed by atoms with van der Waals surface area (Å²) in [4.78, 5) is 10.3. The molecule has 0 aromatic rings. The summed E-state index contributed by atoms with van der Waals surface area (Å²) in [6.45, 7) is 11.8. The summed E-state index contributed by atoms with van der Waals surface area (Å²) in [5.74, 6) is -0.724. The van der Waals surface area contributed by atoms with Crippen LogP contribution in [-0.4, -0.2) is 76.5 Å². The Labute approximate surface area is 135 Å². The number of carboxylic acid groups (broad SMARTS) is 1. The normalized spacial score (nSPS) is 11.0. The van der Waals surface area contributed by atoms with Gasteiger partial charge < -0.3 is 31.7 Å². The molecule has 0 saturated heterocycles. The molecule has 0 bridgehead atoms. The summed E-state index contributed by atoms with van der Waals surface area (Å²) in [7, 11) is 0. The van der Waals surface area contributed by atoms with Gasteiger partial charge in [0.15, 0.2) is 0 Å². The van der Waals surface area contributed by atoms with Crippen molar-refractivity contribution in [3.63, 3.8) is 0 Å². The van der Waals surface area contributed by atoms with E-state index in [0.717, 1.165) is 65.4 Å². The maximum absolute atomic E-state index is 10.3. The molecule has 0 radical (unpaired) electrons. The molecular weight excluding hydrogens is 282 g/mol. The Morgan fingerprint density at radius 1 is 0.682 bits per heavy atom. The zero-order valence-electron chi connectivity index (χ0n) is 14.0. The molecule has 0 fully saturated rings. The van der Waals surface area contributed by atoms with Crippen molar-refractivity contribution in [2.24, 2.45) is 0 Å². The van der Waals surface area contributed by atoms with Crippen LogP contribution in [0.4, 0.5) is 0 Å². The highest BCUT2D eigenvalue weighted by molar-refractivity contribution is 5.66. The molecule has 0 aromatic heterocycles. The van der Waals surface area contributed by atoms with Crippen LogP contribution >= 0.6 is 0 Å². The largest absolute Gasteiger partial charge is 0.481 e. The van der Waals surface area contributed by atoms with Gasteiger partial charge in [0, 0.05) is 58.8 Å². The topological polar surface area (TPSA) is 97.5 Å². The van der Waals surface area contributed by atoms with E-state index in [-0.39, 0.29) is 6.42 Å². The zero-order chi connectivity index (χ0) is 16.3. The minimum atomic E-state index is -0.724. The Hall–Kier alpha value is -0.730. The third-order valence-corrected chi connectivity index (χ3v) is 3.09. The molecular formula is C15H35N5O2. The lowest BCUT2D eigenvalue weighted by Gasteiger charge is -2.08. The fraction of sp³-hybridized carbons (Fsp3) is 0.933. The molecule has 22 heavy (non-hydrogen) atoms. The average Bonchev–Trinajstić information content (AvgIpc) is 2.50. The fourth-order valence-electron chi connectivity index (χ4n) is 1.87. The number of carboxylic acids is 1. The van der Waals surface area contributed by atoms with E-state index in [4.69, 9.17) is 5.11 Å². The fourth-order valence-corrected chi connectivity index (χ4v) is 1.87. The van der Waals surface area contributed by atoms with Crippen LogP contribution in [0.1, 0.15) is 26.2 Å². The van der Waals surface area contributed by atoms with E-state index < -0.39 is 5.97 Å². The molecule has 0 aromatic carbocycles. The van der Waals surface area contributed by atoms with Crippen molar-refractivity contribution in [1.82, 2.24) is 26.6 Å². The first-order valence-corrected chi connectivity index (χ1v) is 8.52. The van der Waals surface area contributed by atoms with Gasteiger partial charge in [-0.2, -0.15) is 0 Å². The van der Waals surface area contributed by atoms with E-state index in [1.54, 1.807) is 0 Å². The summed E-state index contributed by atoms with van der Waals surface area (Å²) in [5, 5.41) is 25.2. The van der Waals surface area contributed by atoms with Gasteiger partial charge in [0.2, 0.25) is 0 Å². The van der Waals surface area contributed by atoms with Crippen molar-refractivity contribution in [3.8, 4) is 0 Å². The third kappa shape index (κ3) is 19.3. The molecule has 7 nitrogen and oxygen atoms in total. The highest BCUT2D eigenvalue weighted by Crippen LogP contribution is 1.84. The first-order valence-electron chi connectivity index (χ1n) is 8.52. The van der Waals surface area contributed by atoms with Crippen LogP contribution < -0.4 is 26.6 Å². The number of rotatable bonds is 18. The summed E-state index contributed by atoms with van der Waals surface area (Å²) in [6, 6.07) is 0. The van der Waals surface area contributed by atoms with Crippen molar-refractivity contribution in [1.29, 1.82) is 0 Å². The first kappa shape index (κ1) is 21.3. The van der Waals surface area contributed by atoms with E-state index in [9.17, 15) is 4.79 Å². The van der Waals surface area contributed by atoms with Crippen LogP contribution in [0.3, 0.4) is 0 Å². The van der Waals surface area contributed by atoms with Crippen molar-refractivity contribution in [2.75, 3.05) is 65.4 Å². The third-order valence-electron chi connectivity index (χ3n) is 3.09. The minimum absolute atomic E-state index is 0.243. The summed E-state index contributed by atoms with van der Waals surface area (Å²) in [6.07, 6.45) is 2.12. The summed E-state index contributed by atoms with van der Waals surface area (Å²) >= 11 is 0. The van der Waals surface area contributed by atoms with Crippen molar-refractivity contribution < 1.29 is 9.90 Å². The monoisotopic (exact) mass is 317 g/mol. The molecule has 0 amide bonds. The molecule has 0 spiro atoms. The van der Waals surface area contributed by atoms with E-state index in [0.29, 0.717) is 6.42 Å². The Kier molecular flexibility index (Phi) is 17.7. The number of hydrogen-bond donors (Lipinski definition) is 6. The van der Waals surface area contributed by atoms with Crippen LogP contribution in [-0.2, 0) is 4.79 Å². The van der Waals surface area contributed by atoms with Crippen LogP contribution in [0.15, 0.2) is 0 Å². The highest BCUT2D eigenvalue weighted by Gasteiger charge is 1.95. The molecule has 0 aliphatic carbocycles. The van der Waals surface area contributed by atoms with Crippen molar-refractivity contribution >= 4 is 5.97 Å². The van der Waals surface area contributed by atoms with Gasteiger partial charge in [0.25, 0.3) is 0 Å². The molecule has 0 aliphatic heterocycles. The van der Waals surface area contributed by atoms with E-state index in [1.807, 2.05) is 0 Å². The SMILES string of the molecule is CCCNCCNCCNCCNCCNCCCC(=O)O. The van der Waals surface area contributed by atoms with E-state index in [2.05, 4.69) is 33.5 Å². The van der Waals surface area contributed by atoms with E-state index >= 15 is 0 Å². The molecule has 0 saturated carbocycles. The second-order valence-electron chi connectivity index (χ2n) is 5.25. The van der Waals surface area contributed by atoms with Gasteiger partial charge in [-0.15, -0.1) is 0 Å². The second kappa shape index (κ2) is 18.3. The second-order valence-corrected chi connectivity index (χ2v) is 5.25. The van der Waals surface area contributed by atoms with Gasteiger partial charge >= 0.3 is 5.97 Å². The molecule has 0 atom stereocenters. The average molecular weight is 317 g/mol. The first-order chi connectivity index (χ1) is 10.8. The number of hydrogen-bond acceptors (Lipinski definition) is 6.